The molecule has 2 rings (SSSR count). The molecule has 0 aliphatic carbocycles. The molecule has 1 aromatic carbocycles. The van der Waals surface area contributed by atoms with Crippen LogP contribution in [0.4, 0.5) is 5.69 Å². The summed E-state index contributed by atoms with van der Waals surface area (Å²) in [4.78, 5) is 25.9. The van der Waals surface area contributed by atoms with Crippen molar-refractivity contribution in [3.8, 4) is 0 Å². The molecule has 1 aliphatic heterocycles. The van der Waals surface area contributed by atoms with Gasteiger partial charge in [0.1, 0.15) is 6.61 Å². The highest BCUT2D eigenvalue weighted by atomic mass is 16.3. The van der Waals surface area contributed by atoms with Crippen LogP contribution >= 0.6 is 0 Å². The second-order valence-corrected chi connectivity index (χ2v) is 4.50. The van der Waals surface area contributed by atoms with Crippen LogP contribution in [0.25, 0.3) is 0 Å². The van der Waals surface area contributed by atoms with Gasteiger partial charge in [-0.1, -0.05) is 12.1 Å². The first kappa shape index (κ1) is 12.6. The van der Waals surface area contributed by atoms with Gasteiger partial charge in [0.25, 0.3) is 0 Å². The van der Waals surface area contributed by atoms with Gasteiger partial charge in [-0.05, 0) is 17.2 Å². The summed E-state index contributed by atoms with van der Waals surface area (Å²) in [7, 11) is 3.40. The number of likely N-dealkylation sites (N-methyl/N-ethyl adjacent to an activating group) is 2. The van der Waals surface area contributed by atoms with E-state index >= 15 is 0 Å². The van der Waals surface area contributed by atoms with E-state index in [2.05, 4.69) is 0 Å². The highest BCUT2D eigenvalue weighted by molar-refractivity contribution is 6.00. The number of anilines is 1. The minimum atomic E-state index is -0.483. The number of amides is 2. The minimum absolute atomic E-state index is 0.0851. The maximum Gasteiger partial charge on any atom is 0.248 e. The summed E-state index contributed by atoms with van der Waals surface area (Å²) in [6.07, 6.45) is 0.414. The predicted octanol–water partition coefficient (Wildman–Crippen LogP) is 0.156. The number of fused-ring (bicyclic) bond motifs is 1. The molecule has 1 aliphatic rings. The summed E-state index contributed by atoms with van der Waals surface area (Å²) in [6.45, 7) is -0.0484. The van der Waals surface area contributed by atoms with Crippen molar-refractivity contribution in [2.24, 2.45) is 0 Å². The van der Waals surface area contributed by atoms with Crippen LogP contribution in [0.1, 0.15) is 11.1 Å². The van der Waals surface area contributed by atoms with Gasteiger partial charge in [0.05, 0.1) is 6.42 Å². The van der Waals surface area contributed by atoms with Gasteiger partial charge in [0.2, 0.25) is 11.8 Å². The third-order valence-corrected chi connectivity index (χ3v) is 3.20. The van der Waals surface area contributed by atoms with E-state index in [0.717, 1.165) is 16.8 Å². The summed E-state index contributed by atoms with van der Waals surface area (Å²) in [5.41, 5.74) is 2.88. The lowest BCUT2D eigenvalue weighted by molar-refractivity contribution is -0.133. The fourth-order valence-corrected chi connectivity index (χ4v) is 2.10. The van der Waals surface area contributed by atoms with Crippen LogP contribution in [0, 0.1) is 0 Å². The van der Waals surface area contributed by atoms with E-state index in [4.69, 9.17) is 5.11 Å². The Bertz CT molecular complexity index is 499. The number of carbonyl (C=O) groups is 2. The highest BCUT2D eigenvalue weighted by Crippen LogP contribution is 2.28. The molecule has 0 bridgehead atoms. The van der Waals surface area contributed by atoms with E-state index in [1.165, 1.54) is 4.90 Å². The molecule has 0 radical (unpaired) electrons. The van der Waals surface area contributed by atoms with Crippen molar-refractivity contribution in [1.82, 2.24) is 4.90 Å². The molecule has 0 atom stereocenters. The SMILES string of the molecule is CN(Cc1ccc2c(c1)CC(=O)N2C)C(=O)CO. The Morgan fingerprint density at radius 2 is 2.22 bits per heavy atom. The lowest BCUT2D eigenvalue weighted by Gasteiger charge is -2.17. The Hall–Kier alpha value is -1.88. The van der Waals surface area contributed by atoms with Gasteiger partial charge in [0.15, 0.2) is 0 Å². The summed E-state index contributed by atoms with van der Waals surface area (Å²) < 4.78 is 0. The van der Waals surface area contributed by atoms with E-state index < -0.39 is 6.61 Å². The van der Waals surface area contributed by atoms with Crippen LogP contribution < -0.4 is 4.90 Å². The molecule has 0 fully saturated rings. The lowest BCUT2D eigenvalue weighted by atomic mass is 10.1. The van der Waals surface area contributed by atoms with Crippen LogP contribution in [-0.4, -0.2) is 42.5 Å². The van der Waals surface area contributed by atoms with E-state index in [9.17, 15) is 9.59 Å². The first-order chi connectivity index (χ1) is 8.52. The zero-order valence-electron chi connectivity index (χ0n) is 10.5. The normalized spacial score (nSPS) is 13.7. The van der Waals surface area contributed by atoms with Gasteiger partial charge in [-0.15, -0.1) is 0 Å². The van der Waals surface area contributed by atoms with E-state index in [-0.39, 0.29) is 11.8 Å². The van der Waals surface area contributed by atoms with Crippen LogP contribution in [-0.2, 0) is 22.6 Å². The fourth-order valence-electron chi connectivity index (χ4n) is 2.10. The quantitative estimate of drug-likeness (QED) is 0.828. The summed E-state index contributed by atoms with van der Waals surface area (Å²) in [5.74, 6) is -0.231. The standard InChI is InChI=1S/C13H16N2O3/c1-14(13(18)8-16)7-9-3-4-11-10(5-9)6-12(17)15(11)2/h3-5,16H,6-8H2,1-2H3. The van der Waals surface area contributed by atoms with Crippen molar-refractivity contribution < 1.29 is 14.7 Å². The molecule has 0 unspecified atom stereocenters. The Labute approximate surface area is 106 Å². The average Bonchev–Trinajstić information content (AvgIpc) is 2.63. The molecule has 0 aromatic heterocycles. The van der Waals surface area contributed by atoms with Gasteiger partial charge in [-0.3, -0.25) is 9.59 Å². The fraction of sp³-hybridized carbons (Fsp3) is 0.385. The second-order valence-electron chi connectivity index (χ2n) is 4.50. The van der Waals surface area contributed by atoms with Crippen LogP contribution in [0.2, 0.25) is 0 Å². The molecular weight excluding hydrogens is 232 g/mol. The Morgan fingerprint density at radius 3 is 2.89 bits per heavy atom. The number of benzene rings is 1. The molecule has 0 saturated heterocycles. The largest absolute Gasteiger partial charge is 0.387 e. The maximum absolute atomic E-state index is 11.5. The van der Waals surface area contributed by atoms with Crippen molar-refractivity contribution >= 4 is 17.5 Å². The molecule has 2 amide bonds. The van der Waals surface area contributed by atoms with Crippen LogP contribution in [0.15, 0.2) is 18.2 Å². The molecule has 18 heavy (non-hydrogen) atoms. The third-order valence-electron chi connectivity index (χ3n) is 3.20. The van der Waals surface area contributed by atoms with Crippen molar-refractivity contribution in [3.05, 3.63) is 29.3 Å². The number of nitrogens with zero attached hydrogens (tertiary/aromatic N) is 2. The van der Waals surface area contributed by atoms with Crippen LogP contribution in [0.3, 0.4) is 0 Å². The molecule has 1 heterocycles. The van der Waals surface area contributed by atoms with Gasteiger partial charge >= 0.3 is 0 Å². The number of aliphatic hydroxyl groups is 1. The van der Waals surface area contributed by atoms with Gasteiger partial charge in [0, 0.05) is 26.3 Å². The number of hydrogen-bond acceptors (Lipinski definition) is 3. The molecule has 0 saturated carbocycles. The van der Waals surface area contributed by atoms with Crippen molar-refractivity contribution in [2.45, 2.75) is 13.0 Å². The van der Waals surface area contributed by atoms with E-state index in [1.54, 1.807) is 19.0 Å². The van der Waals surface area contributed by atoms with Crippen molar-refractivity contribution in [3.63, 3.8) is 0 Å². The summed E-state index contributed by atoms with van der Waals surface area (Å²) in [6, 6.07) is 5.74. The Balaban J connectivity index is 2.16. The van der Waals surface area contributed by atoms with Crippen LogP contribution in [0.5, 0.6) is 0 Å². The topological polar surface area (TPSA) is 60.9 Å². The van der Waals surface area contributed by atoms with E-state index in [0.29, 0.717) is 13.0 Å². The predicted molar refractivity (Wildman–Crippen MR) is 67.1 cm³/mol. The molecular formula is C13H16N2O3. The minimum Gasteiger partial charge on any atom is -0.387 e. The molecule has 96 valence electrons. The van der Waals surface area contributed by atoms with Gasteiger partial charge in [-0.2, -0.15) is 0 Å². The Morgan fingerprint density at radius 1 is 1.50 bits per heavy atom. The first-order valence-corrected chi connectivity index (χ1v) is 5.76. The molecule has 1 N–H and O–H groups in total. The number of rotatable bonds is 3. The molecule has 5 heteroatoms. The molecule has 0 spiro atoms. The monoisotopic (exact) mass is 248 g/mol. The van der Waals surface area contributed by atoms with E-state index in [1.807, 2.05) is 18.2 Å². The van der Waals surface area contributed by atoms with Gasteiger partial charge in [-0.25, -0.2) is 0 Å². The zero-order valence-corrected chi connectivity index (χ0v) is 10.5. The third kappa shape index (κ3) is 2.22. The molecule has 5 nitrogen and oxygen atoms in total. The number of carbonyl (C=O) groups excluding carboxylic acids is 2. The smallest absolute Gasteiger partial charge is 0.248 e. The number of aliphatic hydroxyl groups excluding tert-OH is 1. The lowest BCUT2D eigenvalue weighted by Crippen LogP contribution is -2.28. The van der Waals surface area contributed by atoms with Gasteiger partial charge < -0.3 is 14.9 Å². The van der Waals surface area contributed by atoms with Crippen molar-refractivity contribution in [2.75, 3.05) is 25.6 Å². The average molecular weight is 248 g/mol. The van der Waals surface area contributed by atoms with Crippen molar-refractivity contribution in [1.29, 1.82) is 0 Å². The zero-order chi connectivity index (χ0) is 13.3. The summed E-state index contributed by atoms with van der Waals surface area (Å²) >= 11 is 0. The number of hydrogen-bond donors (Lipinski definition) is 1. The maximum atomic E-state index is 11.5. The highest BCUT2D eigenvalue weighted by Gasteiger charge is 2.24. The molecule has 1 aromatic rings. The second kappa shape index (κ2) is 4.78. The Kier molecular flexibility index (Phi) is 3.34. The summed E-state index contributed by atoms with van der Waals surface area (Å²) in [5, 5.41) is 8.77. The first-order valence-electron chi connectivity index (χ1n) is 5.76.